The molecule has 2 unspecified atom stereocenters. The zero-order chi connectivity index (χ0) is 27.6. The van der Waals surface area contributed by atoms with E-state index in [9.17, 15) is 24.3 Å². The van der Waals surface area contributed by atoms with Gasteiger partial charge in [0.2, 0.25) is 5.91 Å². The van der Waals surface area contributed by atoms with Crippen molar-refractivity contribution in [3.8, 4) is 0 Å². The van der Waals surface area contributed by atoms with Crippen LogP contribution in [0.1, 0.15) is 23.1 Å². The summed E-state index contributed by atoms with van der Waals surface area (Å²) in [5, 5.41) is 14.6. The van der Waals surface area contributed by atoms with Crippen molar-refractivity contribution in [3.05, 3.63) is 108 Å². The molecule has 1 heterocycles. The molecule has 3 aromatic carbocycles. The first kappa shape index (κ1) is 27.5. The number of rotatable bonds is 13. The molecule has 0 aliphatic carbocycles. The second kappa shape index (κ2) is 13.3. The fourth-order valence-corrected chi connectivity index (χ4v) is 4.19. The third kappa shape index (κ3) is 8.24. The topological polar surface area (TPSA) is 134 Å². The summed E-state index contributed by atoms with van der Waals surface area (Å²) in [4.78, 5) is 50.5. The molecule has 0 bridgehead atoms. The van der Waals surface area contributed by atoms with Crippen molar-refractivity contribution in [1.29, 1.82) is 0 Å². The van der Waals surface area contributed by atoms with E-state index in [0.717, 1.165) is 16.7 Å². The van der Waals surface area contributed by atoms with E-state index in [-0.39, 0.29) is 19.4 Å². The number of ether oxygens (including phenoxy) is 2. The van der Waals surface area contributed by atoms with Crippen LogP contribution >= 0.6 is 0 Å². The van der Waals surface area contributed by atoms with E-state index in [0.29, 0.717) is 6.42 Å². The molecule has 1 saturated heterocycles. The molecule has 3 N–H and O–H groups in total. The number of aliphatic carboxylic acids is 1. The quantitative estimate of drug-likeness (QED) is 0.289. The maximum Gasteiger partial charge on any atom is 0.408 e. The average molecular weight is 531 g/mol. The summed E-state index contributed by atoms with van der Waals surface area (Å²) in [6, 6.07) is 25.6. The monoisotopic (exact) mass is 530 g/mol. The number of aryl methyl sites for hydroxylation is 1. The Balaban J connectivity index is 1.46. The Morgan fingerprint density at radius 2 is 1.31 bits per heavy atom. The van der Waals surface area contributed by atoms with E-state index < -0.39 is 48.0 Å². The van der Waals surface area contributed by atoms with Crippen LogP contribution in [0, 0.1) is 0 Å². The van der Waals surface area contributed by atoms with Crippen molar-refractivity contribution in [2.75, 3.05) is 0 Å². The first-order valence-corrected chi connectivity index (χ1v) is 12.7. The number of ketones is 1. The van der Waals surface area contributed by atoms with Gasteiger partial charge in [0.05, 0.1) is 6.04 Å². The van der Waals surface area contributed by atoms with Crippen LogP contribution in [0.3, 0.4) is 0 Å². The number of epoxide rings is 1. The summed E-state index contributed by atoms with van der Waals surface area (Å²) in [5.41, 5.74) is 2.55. The Hall–Kier alpha value is -4.50. The summed E-state index contributed by atoms with van der Waals surface area (Å²) in [7, 11) is 0. The van der Waals surface area contributed by atoms with Crippen LogP contribution in [0.2, 0.25) is 0 Å². The molecule has 1 fully saturated rings. The number of nitrogens with one attached hydrogen (secondary N) is 2. The summed E-state index contributed by atoms with van der Waals surface area (Å²) in [5.74, 6) is -2.34. The fourth-order valence-electron chi connectivity index (χ4n) is 4.19. The molecule has 0 spiro atoms. The van der Waals surface area contributed by atoms with Crippen LogP contribution in [-0.4, -0.2) is 53.2 Å². The summed E-state index contributed by atoms with van der Waals surface area (Å²) in [6.45, 7) is 0.0279. The van der Waals surface area contributed by atoms with Crippen LogP contribution in [0.5, 0.6) is 0 Å². The predicted octanol–water partition coefficient (Wildman–Crippen LogP) is 3.06. The molecule has 3 aromatic rings. The van der Waals surface area contributed by atoms with Gasteiger partial charge in [-0.25, -0.2) is 9.59 Å². The number of alkyl carbamates (subject to hydrolysis) is 1. The lowest BCUT2D eigenvalue weighted by Crippen LogP contribution is -2.53. The molecule has 39 heavy (non-hydrogen) atoms. The first-order valence-electron chi connectivity index (χ1n) is 12.7. The Bertz CT molecular complexity index is 1270. The molecule has 0 radical (unpaired) electrons. The minimum absolute atomic E-state index is 0.0279. The van der Waals surface area contributed by atoms with Crippen molar-refractivity contribution in [1.82, 2.24) is 10.6 Å². The van der Waals surface area contributed by atoms with Gasteiger partial charge < -0.3 is 25.2 Å². The number of hydrogen-bond acceptors (Lipinski definition) is 6. The number of amides is 2. The van der Waals surface area contributed by atoms with Gasteiger partial charge in [-0.05, 0) is 29.5 Å². The number of carboxylic acid groups (broad SMARTS) is 1. The van der Waals surface area contributed by atoms with Crippen molar-refractivity contribution >= 4 is 23.8 Å². The number of carbonyl (C=O) groups excluding carboxylic acids is 3. The normalized spacial score (nSPS) is 17.3. The highest BCUT2D eigenvalue weighted by atomic mass is 16.6. The zero-order valence-corrected chi connectivity index (χ0v) is 21.2. The van der Waals surface area contributed by atoms with E-state index in [1.54, 1.807) is 0 Å². The molecule has 1 aliphatic heterocycles. The lowest BCUT2D eigenvalue weighted by Gasteiger charge is -2.23. The molecule has 202 valence electrons. The van der Waals surface area contributed by atoms with Crippen LogP contribution in [0.25, 0.3) is 0 Å². The number of carbonyl (C=O) groups is 4. The smallest absolute Gasteiger partial charge is 0.408 e. The van der Waals surface area contributed by atoms with Gasteiger partial charge in [-0.3, -0.25) is 9.59 Å². The number of benzene rings is 3. The van der Waals surface area contributed by atoms with E-state index >= 15 is 0 Å². The van der Waals surface area contributed by atoms with E-state index in [1.807, 2.05) is 91.0 Å². The minimum Gasteiger partial charge on any atom is -0.479 e. The second-order valence-electron chi connectivity index (χ2n) is 9.25. The fraction of sp³-hybridized carbons (Fsp3) is 0.267. The summed E-state index contributed by atoms with van der Waals surface area (Å²) < 4.78 is 10.4. The third-order valence-electron chi connectivity index (χ3n) is 6.34. The molecule has 0 aromatic heterocycles. The van der Waals surface area contributed by atoms with Crippen molar-refractivity contribution in [2.45, 2.75) is 50.2 Å². The minimum atomic E-state index is -1.23. The zero-order valence-electron chi connectivity index (χ0n) is 21.2. The van der Waals surface area contributed by atoms with Gasteiger partial charge in [-0.1, -0.05) is 91.0 Å². The first-order chi connectivity index (χ1) is 18.9. The molecule has 9 heteroatoms. The van der Waals surface area contributed by atoms with Gasteiger partial charge in [-0.2, -0.15) is 0 Å². The highest BCUT2D eigenvalue weighted by Crippen LogP contribution is 2.25. The van der Waals surface area contributed by atoms with E-state index in [2.05, 4.69) is 10.6 Å². The van der Waals surface area contributed by atoms with Gasteiger partial charge in [0.15, 0.2) is 18.0 Å². The van der Waals surface area contributed by atoms with Gasteiger partial charge in [0, 0.05) is 6.42 Å². The van der Waals surface area contributed by atoms with Crippen LogP contribution in [0.15, 0.2) is 91.0 Å². The lowest BCUT2D eigenvalue weighted by molar-refractivity contribution is -0.138. The third-order valence-corrected chi connectivity index (χ3v) is 6.34. The Labute approximate surface area is 226 Å². The standard InChI is InChI=1S/C30H30N2O7/c33-25(26-27(39-26)29(35)36)23(17-16-20-10-4-1-5-11-20)31-28(34)24(18-21-12-6-2-7-13-21)32-30(37)38-19-22-14-8-3-9-15-22/h1-15,23-24,26-27H,16-19H2,(H,31,34)(H,32,37)(H,35,36)/t23-,24-,26?,27?/m0/s1. The molecule has 4 atom stereocenters. The van der Waals surface area contributed by atoms with Crippen LogP contribution < -0.4 is 10.6 Å². The average Bonchev–Trinajstić information content (AvgIpc) is 3.77. The highest BCUT2D eigenvalue weighted by Gasteiger charge is 2.52. The van der Waals surface area contributed by atoms with Crippen LogP contribution in [0.4, 0.5) is 4.79 Å². The van der Waals surface area contributed by atoms with Crippen molar-refractivity contribution in [2.24, 2.45) is 0 Å². The maximum absolute atomic E-state index is 13.5. The predicted molar refractivity (Wildman–Crippen MR) is 142 cm³/mol. The van der Waals surface area contributed by atoms with Crippen molar-refractivity contribution in [3.63, 3.8) is 0 Å². The van der Waals surface area contributed by atoms with Gasteiger partial charge >= 0.3 is 12.1 Å². The highest BCUT2D eigenvalue weighted by molar-refractivity contribution is 5.99. The molecule has 0 saturated carbocycles. The summed E-state index contributed by atoms with van der Waals surface area (Å²) >= 11 is 0. The molecular formula is C30H30N2O7. The van der Waals surface area contributed by atoms with E-state index in [1.165, 1.54) is 0 Å². The lowest BCUT2D eigenvalue weighted by atomic mass is 9.98. The molecule has 4 rings (SSSR count). The molecule has 1 aliphatic rings. The molecular weight excluding hydrogens is 500 g/mol. The van der Waals surface area contributed by atoms with E-state index in [4.69, 9.17) is 9.47 Å². The number of carboxylic acids is 1. The Kier molecular flexibility index (Phi) is 9.42. The maximum atomic E-state index is 13.5. The SMILES string of the molecule is O=C(N[C@@H](Cc1ccccc1)C(=O)N[C@@H](CCc1ccccc1)C(=O)C1OC1C(=O)O)OCc1ccccc1. The Morgan fingerprint density at radius 1 is 0.744 bits per heavy atom. The van der Waals surface area contributed by atoms with Gasteiger partial charge in [-0.15, -0.1) is 0 Å². The molecule has 2 amide bonds. The number of Topliss-reactive ketones (excluding diaryl/α,β-unsaturated/α-hetero) is 1. The number of hydrogen-bond donors (Lipinski definition) is 3. The molecule has 9 nitrogen and oxygen atoms in total. The van der Waals surface area contributed by atoms with Crippen molar-refractivity contribution < 1.29 is 33.8 Å². The summed E-state index contributed by atoms with van der Waals surface area (Å²) in [6.07, 6.45) is -2.27. The van der Waals surface area contributed by atoms with Gasteiger partial charge in [0.25, 0.3) is 0 Å². The van der Waals surface area contributed by atoms with Crippen LogP contribution in [-0.2, 0) is 43.3 Å². The Morgan fingerprint density at radius 3 is 1.87 bits per heavy atom. The second-order valence-corrected chi connectivity index (χ2v) is 9.25. The largest absolute Gasteiger partial charge is 0.479 e. The van der Waals surface area contributed by atoms with Gasteiger partial charge in [0.1, 0.15) is 12.6 Å².